The van der Waals surface area contributed by atoms with Gasteiger partial charge in [-0.1, -0.05) is 6.07 Å². The van der Waals surface area contributed by atoms with Crippen molar-refractivity contribution >= 4 is 5.82 Å². The first kappa shape index (κ1) is 16.9. The van der Waals surface area contributed by atoms with Crippen LogP contribution in [0.4, 0.5) is 5.82 Å². The van der Waals surface area contributed by atoms with E-state index < -0.39 is 0 Å². The first-order valence-corrected chi connectivity index (χ1v) is 7.30. The van der Waals surface area contributed by atoms with E-state index in [0.717, 1.165) is 24.6 Å². The maximum absolute atomic E-state index is 5.18. The zero-order chi connectivity index (χ0) is 15.2. The lowest BCUT2D eigenvalue weighted by molar-refractivity contribution is 0.203. The Balaban J connectivity index is 2.78. The van der Waals surface area contributed by atoms with Crippen molar-refractivity contribution in [1.29, 1.82) is 0 Å². The van der Waals surface area contributed by atoms with Crippen LogP contribution in [0.15, 0.2) is 18.2 Å². The fourth-order valence-corrected chi connectivity index (χ4v) is 1.91. The van der Waals surface area contributed by atoms with E-state index in [-0.39, 0.29) is 5.54 Å². The van der Waals surface area contributed by atoms with Gasteiger partial charge in [0.05, 0.1) is 12.3 Å². The highest BCUT2D eigenvalue weighted by Gasteiger charge is 2.13. The van der Waals surface area contributed by atoms with Crippen molar-refractivity contribution in [3.63, 3.8) is 0 Å². The quantitative estimate of drug-likeness (QED) is 0.833. The van der Waals surface area contributed by atoms with Gasteiger partial charge in [-0.15, -0.1) is 0 Å². The standard InChI is InChI=1S/C16H29N3O/c1-13(2)19(10-11-20-6)15-9-7-8-14(18-15)12-17-16(3,4)5/h7-9,13,17H,10-12H2,1-6H3. The Morgan fingerprint density at radius 1 is 1.30 bits per heavy atom. The van der Waals surface area contributed by atoms with Crippen LogP contribution in [0.25, 0.3) is 0 Å². The minimum Gasteiger partial charge on any atom is -0.383 e. The molecule has 0 amide bonds. The number of nitrogens with one attached hydrogen (secondary N) is 1. The maximum atomic E-state index is 5.18. The van der Waals surface area contributed by atoms with Crippen molar-refractivity contribution in [3.05, 3.63) is 23.9 Å². The van der Waals surface area contributed by atoms with E-state index in [1.165, 1.54) is 0 Å². The highest BCUT2D eigenvalue weighted by atomic mass is 16.5. The third-order valence-corrected chi connectivity index (χ3v) is 3.05. The van der Waals surface area contributed by atoms with Gasteiger partial charge in [0, 0.05) is 31.8 Å². The molecule has 0 saturated carbocycles. The Morgan fingerprint density at radius 3 is 2.55 bits per heavy atom. The summed E-state index contributed by atoms with van der Waals surface area (Å²) in [6, 6.07) is 6.61. The number of hydrogen-bond acceptors (Lipinski definition) is 4. The summed E-state index contributed by atoms with van der Waals surface area (Å²) >= 11 is 0. The van der Waals surface area contributed by atoms with Crippen LogP contribution in [0, 0.1) is 0 Å². The summed E-state index contributed by atoms with van der Waals surface area (Å²) in [5, 5.41) is 3.47. The minimum atomic E-state index is 0.103. The molecule has 0 unspecified atom stereocenters. The first-order valence-electron chi connectivity index (χ1n) is 7.30. The van der Waals surface area contributed by atoms with Crippen molar-refractivity contribution in [1.82, 2.24) is 10.3 Å². The first-order chi connectivity index (χ1) is 9.33. The molecule has 114 valence electrons. The smallest absolute Gasteiger partial charge is 0.129 e. The number of anilines is 1. The summed E-state index contributed by atoms with van der Waals surface area (Å²) in [6.45, 7) is 13.2. The van der Waals surface area contributed by atoms with Crippen molar-refractivity contribution in [2.75, 3.05) is 25.2 Å². The van der Waals surface area contributed by atoms with E-state index in [4.69, 9.17) is 9.72 Å². The summed E-state index contributed by atoms with van der Waals surface area (Å²) in [6.07, 6.45) is 0. The van der Waals surface area contributed by atoms with Crippen LogP contribution in [0.2, 0.25) is 0 Å². The minimum absolute atomic E-state index is 0.103. The van der Waals surface area contributed by atoms with Crippen LogP contribution in [-0.2, 0) is 11.3 Å². The van der Waals surface area contributed by atoms with Crippen molar-refractivity contribution in [3.8, 4) is 0 Å². The largest absolute Gasteiger partial charge is 0.383 e. The molecule has 0 aliphatic heterocycles. The third kappa shape index (κ3) is 5.88. The predicted molar refractivity (Wildman–Crippen MR) is 85.2 cm³/mol. The number of nitrogens with zero attached hydrogens (tertiary/aromatic N) is 2. The van der Waals surface area contributed by atoms with E-state index in [2.05, 4.69) is 63.0 Å². The second-order valence-corrected chi connectivity index (χ2v) is 6.37. The van der Waals surface area contributed by atoms with Gasteiger partial charge in [-0.2, -0.15) is 0 Å². The summed E-state index contributed by atoms with van der Waals surface area (Å²) in [4.78, 5) is 7.03. The van der Waals surface area contributed by atoms with Gasteiger partial charge < -0.3 is 15.0 Å². The Morgan fingerprint density at radius 2 is 2.00 bits per heavy atom. The molecule has 1 rings (SSSR count). The van der Waals surface area contributed by atoms with Gasteiger partial charge in [0.25, 0.3) is 0 Å². The molecule has 4 nitrogen and oxygen atoms in total. The van der Waals surface area contributed by atoms with Gasteiger partial charge in [0.1, 0.15) is 5.82 Å². The van der Waals surface area contributed by atoms with Gasteiger partial charge in [-0.3, -0.25) is 0 Å². The number of aromatic nitrogens is 1. The number of methoxy groups -OCH3 is 1. The molecule has 0 radical (unpaired) electrons. The Kier molecular flexibility index (Phi) is 6.43. The van der Waals surface area contributed by atoms with Crippen molar-refractivity contribution in [2.24, 2.45) is 0 Å². The normalized spacial score (nSPS) is 11.9. The monoisotopic (exact) mass is 279 g/mol. The lowest BCUT2D eigenvalue weighted by atomic mass is 10.1. The molecule has 0 aliphatic carbocycles. The molecule has 1 heterocycles. The van der Waals surface area contributed by atoms with Crippen LogP contribution in [0.5, 0.6) is 0 Å². The fraction of sp³-hybridized carbons (Fsp3) is 0.688. The summed E-state index contributed by atoms with van der Waals surface area (Å²) in [5.74, 6) is 1.02. The number of ether oxygens (including phenoxy) is 1. The molecule has 1 N–H and O–H groups in total. The third-order valence-electron chi connectivity index (χ3n) is 3.05. The molecule has 0 bridgehead atoms. The topological polar surface area (TPSA) is 37.4 Å². The number of hydrogen-bond donors (Lipinski definition) is 1. The number of rotatable bonds is 7. The summed E-state index contributed by atoms with van der Waals surface area (Å²) in [5.41, 5.74) is 1.17. The highest BCUT2D eigenvalue weighted by molar-refractivity contribution is 5.40. The molecule has 1 aromatic heterocycles. The van der Waals surface area contributed by atoms with Crippen molar-refractivity contribution in [2.45, 2.75) is 52.7 Å². The second kappa shape index (κ2) is 7.60. The Bertz CT molecular complexity index is 399. The molecule has 0 saturated heterocycles. The van der Waals surface area contributed by atoms with Crippen molar-refractivity contribution < 1.29 is 4.74 Å². The molecule has 0 aliphatic rings. The molecular formula is C16H29N3O. The SMILES string of the molecule is COCCN(c1cccc(CNC(C)(C)C)n1)C(C)C. The van der Waals surface area contributed by atoms with Crippen LogP contribution in [-0.4, -0.2) is 36.8 Å². The maximum Gasteiger partial charge on any atom is 0.129 e. The van der Waals surface area contributed by atoms with E-state index in [9.17, 15) is 0 Å². The Labute approximate surface area is 123 Å². The van der Waals surface area contributed by atoms with Crippen LogP contribution in [0.1, 0.15) is 40.3 Å². The molecule has 1 aromatic rings. The summed E-state index contributed by atoms with van der Waals surface area (Å²) < 4.78 is 5.18. The van der Waals surface area contributed by atoms with Crippen LogP contribution < -0.4 is 10.2 Å². The predicted octanol–water partition coefficient (Wildman–Crippen LogP) is 2.83. The van der Waals surface area contributed by atoms with E-state index >= 15 is 0 Å². The molecule has 0 aromatic carbocycles. The highest BCUT2D eigenvalue weighted by Crippen LogP contribution is 2.15. The van der Waals surface area contributed by atoms with Crippen LogP contribution >= 0.6 is 0 Å². The zero-order valence-electron chi connectivity index (χ0n) is 13.7. The summed E-state index contributed by atoms with van der Waals surface area (Å²) in [7, 11) is 1.73. The average Bonchev–Trinajstić information content (AvgIpc) is 2.36. The molecule has 0 spiro atoms. The molecule has 20 heavy (non-hydrogen) atoms. The molecule has 0 fully saturated rings. The lowest BCUT2D eigenvalue weighted by Crippen LogP contribution is -2.36. The molecule has 4 heteroatoms. The van der Waals surface area contributed by atoms with E-state index in [1.54, 1.807) is 7.11 Å². The van der Waals surface area contributed by atoms with E-state index in [1.807, 2.05) is 0 Å². The van der Waals surface area contributed by atoms with Gasteiger partial charge in [0.2, 0.25) is 0 Å². The van der Waals surface area contributed by atoms with Gasteiger partial charge in [0.15, 0.2) is 0 Å². The molecular weight excluding hydrogens is 250 g/mol. The molecule has 0 atom stereocenters. The zero-order valence-corrected chi connectivity index (χ0v) is 13.7. The lowest BCUT2D eigenvalue weighted by Gasteiger charge is -2.28. The Hall–Kier alpha value is -1.13. The van der Waals surface area contributed by atoms with Gasteiger partial charge in [-0.25, -0.2) is 4.98 Å². The van der Waals surface area contributed by atoms with Gasteiger partial charge >= 0.3 is 0 Å². The second-order valence-electron chi connectivity index (χ2n) is 6.37. The fourth-order valence-electron chi connectivity index (χ4n) is 1.91. The van der Waals surface area contributed by atoms with Crippen LogP contribution in [0.3, 0.4) is 0 Å². The van der Waals surface area contributed by atoms with E-state index in [0.29, 0.717) is 12.6 Å². The average molecular weight is 279 g/mol. The van der Waals surface area contributed by atoms with Gasteiger partial charge in [-0.05, 0) is 46.8 Å². The number of pyridine rings is 1.